The summed E-state index contributed by atoms with van der Waals surface area (Å²) in [5, 5.41) is 0.121. The van der Waals surface area contributed by atoms with E-state index in [2.05, 4.69) is 28.1 Å². The van der Waals surface area contributed by atoms with Gasteiger partial charge >= 0.3 is 6.36 Å². The molecule has 3 rings (SSSR count). The summed E-state index contributed by atoms with van der Waals surface area (Å²) in [5.41, 5.74) is 2.68. The normalized spacial score (nSPS) is 13.1. The average Bonchev–Trinajstić information content (AvgIpc) is 2.99. The number of benzene rings is 1. The van der Waals surface area contributed by atoms with Gasteiger partial charge in [-0.2, -0.15) is 0 Å². The van der Waals surface area contributed by atoms with Gasteiger partial charge in [-0.25, -0.2) is 4.98 Å². The molecule has 3 aromatic rings. The van der Waals surface area contributed by atoms with Crippen LogP contribution in [0.25, 0.3) is 22.3 Å². The van der Waals surface area contributed by atoms with Crippen LogP contribution < -0.4 is 4.74 Å². The van der Waals surface area contributed by atoms with Gasteiger partial charge in [0, 0.05) is 24.2 Å². The first-order valence-corrected chi connectivity index (χ1v) is 9.54. The summed E-state index contributed by atoms with van der Waals surface area (Å²) < 4.78 is 43.5. The molecule has 0 unspecified atom stereocenters. The summed E-state index contributed by atoms with van der Waals surface area (Å²) in [4.78, 5) is 9.18. The number of halogens is 4. The molecule has 8 heteroatoms. The molecule has 28 heavy (non-hydrogen) atoms. The first-order valence-electron chi connectivity index (χ1n) is 9.16. The lowest BCUT2D eigenvalue weighted by Gasteiger charge is -2.16. The molecule has 0 radical (unpaired) electrons. The molecule has 0 aliphatic heterocycles. The minimum atomic E-state index is -4.77. The van der Waals surface area contributed by atoms with Crippen molar-refractivity contribution in [3.8, 4) is 17.0 Å². The molecular formula is C20H21ClF3N3O. The number of ether oxygens (including phenoxy) is 1. The molecular weight excluding hydrogens is 391 g/mol. The molecule has 150 valence electrons. The quantitative estimate of drug-likeness (QED) is 0.460. The third kappa shape index (κ3) is 4.09. The summed E-state index contributed by atoms with van der Waals surface area (Å²) in [6.45, 7) is 6.33. The molecule has 0 aliphatic carbocycles. The van der Waals surface area contributed by atoms with E-state index in [0.29, 0.717) is 16.8 Å². The molecule has 2 aromatic heterocycles. The largest absolute Gasteiger partial charge is 0.573 e. The lowest BCUT2D eigenvalue weighted by atomic mass is 10.1. The van der Waals surface area contributed by atoms with E-state index in [0.717, 1.165) is 36.7 Å². The summed E-state index contributed by atoms with van der Waals surface area (Å²) in [6, 6.07) is 6.03. The number of fused-ring (bicyclic) bond motifs is 1. The number of aryl methyl sites for hydroxylation is 1. The predicted molar refractivity (Wildman–Crippen MR) is 104 cm³/mol. The van der Waals surface area contributed by atoms with Crippen molar-refractivity contribution in [3.05, 3.63) is 41.3 Å². The lowest BCUT2D eigenvalue weighted by molar-refractivity contribution is -0.274. The van der Waals surface area contributed by atoms with Gasteiger partial charge in [-0.05, 0) is 37.6 Å². The van der Waals surface area contributed by atoms with Gasteiger partial charge in [0.15, 0.2) is 0 Å². The maximum absolute atomic E-state index is 12.4. The van der Waals surface area contributed by atoms with E-state index in [1.165, 1.54) is 12.1 Å². The van der Waals surface area contributed by atoms with E-state index in [4.69, 9.17) is 16.6 Å². The van der Waals surface area contributed by atoms with E-state index in [1.54, 1.807) is 6.20 Å². The number of aromatic nitrogens is 3. The molecule has 0 saturated heterocycles. The monoisotopic (exact) mass is 411 g/mol. The van der Waals surface area contributed by atoms with Crippen LogP contribution in [0.3, 0.4) is 0 Å². The van der Waals surface area contributed by atoms with Crippen molar-refractivity contribution in [1.82, 2.24) is 14.5 Å². The SMILES string of the molecule is CCC[C@@H](C)n1c(CC)nc2c(-c3ccc(OC(F)(F)F)cc3Cl)nccc21. The lowest BCUT2D eigenvalue weighted by Crippen LogP contribution is -2.17. The topological polar surface area (TPSA) is 39.9 Å². The van der Waals surface area contributed by atoms with Crippen LogP contribution in [0.4, 0.5) is 13.2 Å². The van der Waals surface area contributed by atoms with E-state index in [-0.39, 0.29) is 16.8 Å². The Morgan fingerprint density at radius 3 is 2.57 bits per heavy atom. The van der Waals surface area contributed by atoms with Crippen molar-refractivity contribution in [3.63, 3.8) is 0 Å². The second kappa shape index (κ2) is 7.99. The molecule has 4 nitrogen and oxygen atoms in total. The molecule has 1 atom stereocenters. The Morgan fingerprint density at radius 2 is 1.96 bits per heavy atom. The predicted octanol–water partition coefficient (Wildman–Crippen LogP) is 6.57. The van der Waals surface area contributed by atoms with Gasteiger partial charge in [0.05, 0.1) is 16.2 Å². The van der Waals surface area contributed by atoms with Gasteiger partial charge in [0.1, 0.15) is 17.1 Å². The van der Waals surface area contributed by atoms with Crippen LogP contribution >= 0.6 is 11.6 Å². The highest BCUT2D eigenvalue weighted by Crippen LogP contribution is 2.36. The number of alkyl halides is 3. The Balaban J connectivity index is 2.12. The number of pyridine rings is 1. The van der Waals surface area contributed by atoms with Crippen LogP contribution in [0.5, 0.6) is 5.75 Å². The highest BCUT2D eigenvalue weighted by molar-refractivity contribution is 6.33. The second-order valence-corrected chi connectivity index (χ2v) is 7.01. The third-order valence-electron chi connectivity index (χ3n) is 4.57. The fourth-order valence-corrected chi connectivity index (χ4v) is 3.70. The molecule has 0 fully saturated rings. The van der Waals surface area contributed by atoms with E-state index in [9.17, 15) is 13.2 Å². The van der Waals surface area contributed by atoms with Gasteiger partial charge in [-0.15, -0.1) is 13.2 Å². The third-order valence-corrected chi connectivity index (χ3v) is 4.89. The molecule has 0 amide bonds. The summed E-state index contributed by atoms with van der Waals surface area (Å²) in [5.74, 6) is 0.572. The first kappa shape index (κ1) is 20.5. The number of imidazole rings is 1. The average molecular weight is 412 g/mol. The van der Waals surface area contributed by atoms with Gasteiger partial charge in [0.25, 0.3) is 0 Å². The fraction of sp³-hybridized carbons (Fsp3) is 0.400. The molecule has 0 spiro atoms. The summed E-state index contributed by atoms with van der Waals surface area (Å²) >= 11 is 6.26. The summed E-state index contributed by atoms with van der Waals surface area (Å²) in [7, 11) is 0. The molecule has 0 saturated carbocycles. The van der Waals surface area contributed by atoms with E-state index >= 15 is 0 Å². The molecule has 0 N–H and O–H groups in total. The Labute approximate surface area is 166 Å². The minimum Gasteiger partial charge on any atom is -0.406 e. The van der Waals surface area contributed by atoms with Gasteiger partial charge < -0.3 is 9.30 Å². The van der Waals surface area contributed by atoms with Crippen molar-refractivity contribution >= 4 is 22.6 Å². The van der Waals surface area contributed by atoms with Crippen molar-refractivity contribution in [2.24, 2.45) is 0 Å². The maximum Gasteiger partial charge on any atom is 0.573 e. The molecule has 1 aromatic carbocycles. The van der Waals surface area contributed by atoms with E-state index < -0.39 is 6.36 Å². The van der Waals surface area contributed by atoms with Crippen LogP contribution in [0, 0.1) is 0 Å². The Bertz CT molecular complexity index is 985. The van der Waals surface area contributed by atoms with Gasteiger partial charge in [-0.3, -0.25) is 4.98 Å². The van der Waals surface area contributed by atoms with Crippen LogP contribution in [0.1, 0.15) is 45.5 Å². The van der Waals surface area contributed by atoms with E-state index in [1.807, 2.05) is 13.0 Å². The Kier molecular flexibility index (Phi) is 5.84. The van der Waals surface area contributed by atoms with Crippen LogP contribution in [-0.4, -0.2) is 20.9 Å². The smallest absolute Gasteiger partial charge is 0.406 e. The van der Waals surface area contributed by atoms with Crippen LogP contribution in [0.2, 0.25) is 5.02 Å². The summed E-state index contributed by atoms with van der Waals surface area (Å²) in [6.07, 6.45) is -0.277. The second-order valence-electron chi connectivity index (χ2n) is 6.61. The Morgan fingerprint density at radius 1 is 1.21 bits per heavy atom. The first-order chi connectivity index (χ1) is 13.2. The standard InChI is InChI=1S/C20H21ClF3N3O/c1-4-6-12(3)27-16-9-10-25-18(19(16)26-17(27)5-2)14-8-7-13(11-15(14)21)28-20(22,23)24/h7-12H,4-6H2,1-3H3/t12-/m1/s1. The highest BCUT2D eigenvalue weighted by Gasteiger charge is 2.31. The van der Waals surface area contributed by atoms with Gasteiger partial charge in [-0.1, -0.05) is 31.9 Å². The molecule has 0 bridgehead atoms. The number of hydrogen-bond acceptors (Lipinski definition) is 3. The van der Waals surface area contributed by atoms with Gasteiger partial charge in [0.2, 0.25) is 0 Å². The molecule has 2 heterocycles. The maximum atomic E-state index is 12.4. The number of rotatable bonds is 6. The minimum absolute atomic E-state index is 0.121. The van der Waals surface area contributed by atoms with Crippen molar-refractivity contribution in [2.45, 2.75) is 52.4 Å². The van der Waals surface area contributed by atoms with Crippen LogP contribution in [0.15, 0.2) is 30.5 Å². The van der Waals surface area contributed by atoms with Crippen molar-refractivity contribution in [1.29, 1.82) is 0 Å². The highest BCUT2D eigenvalue weighted by atomic mass is 35.5. The zero-order valence-corrected chi connectivity index (χ0v) is 16.6. The number of nitrogens with zero attached hydrogens (tertiary/aromatic N) is 3. The van der Waals surface area contributed by atoms with Crippen molar-refractivity contribution in [2.75, 3.05) is 0 Å². The fourth-order valence-electron chi connectivity index (χ4n) is 3.44. The van der Waals surface area contributed by atoms with Crippen LogP contribution in [-0.2, 0) is 6.42 Å². The molecule has 0 aliphatic rings. The number of hydrogen-bond donors (Lipinski definition) is 0. The Hall–Kier alpha value is -2.28. The van der Waals surface area contributed by atoms with Crippen molar-refractivity contribution < 1.29 is 17.9 Å². The zero-order valence-electron chi connectivity index (χ0n) is 15.8. The zero-order chi connectivity index (χ0) is 20.5.